The van der Waals surface area contributed by atoms with Crippen LogP contribution in [0.3, 0.4) is 0 Å². The number of hydrogen-bond donors (Lipinski definition) is 0. The SMILES string of the molecule is CN1CCC(CN2C[C@@H]3CN(C(=O)[C@H]4CCCO4)C[C@@H]3C2=O)CC1. The molecule has 3 atom stereocenters. The molecule has 0 N–H and O–H groups in total. The topological polar surface area (TPSA) is 53.1 Å². The van der Waals surface area contributed by atoms with Crippen molar-refractivity contribution in [1.29, 1.82) is 0 Å². The molecule has 6 nitrogen and oxygen atoms in total. The van der Waals surface area contributed by atoms with Crippen LogP contribution in [0.25, 0.3) is 0 Å². The number of ether oxygens (including phenoxy) is 1. The van der Waals surface area contributed by atoms with Crippen molar-refractivity contribution in [1.82, 2.24) is 14.7 Å². The number of piperidine rings is 1. The Morgan fingerprint density at radius 3 is 2.62 bits per heavy atom. The average molecular weight is 335 g/mol. The first-order valence-corrected chi connectivity index (χ1v) is 9.49. The number of nitrogens with zero attached hydrogens (tertiary/aromatic N) is 3. The van der Waals surface area contributed by atoms with Crippen LogP contribution in [0.2, 0.25) is 0 Å². The van der Waals surface area contributed by atoms with Crippen LogP contribution in [-0.4, -0.2) is 85.5 Å². The van der Waals surface area contributed by atoms with Crippen molar-refractivity contribution in [3.8, 4) is 0 Å². The minimum Gasteiger partial charge on any atom is -0.368 e. The van der Waals surface area contributed by atoms with Gasteiger partial charge in [-0.15, -0.1) is 0 Å². The summed E-state index contributed by atoms with van der Waals surface area (Å²) in [5.41, 5.74) is 0. The van der Waals surface area contributed by atoms with Crippen molar-refractivity contribution >= 4 is 11.8 Å². The fraction of sp³-hybridized carbons (Fsp3) is 0.889. The Hall–Kier alpha value is -1.14. The number of hydrogen-bond acceptors (Lipinski definition) is 4. The molecular weight excluding hydrogens is 306 g/mol. The smallest absolute Gasteiger partial charge is 0.251 e. The Morgan fingerprint density at radius 1 is 1.17 bits per heavy atom. The maximum atomic E-state index is 12.8. The van der Waals surface area contributed by atoms with Crippen LogP contribution in [0.5, 0.6) is 0 Å². The number of rotatable bonds is 3. The summed E-state index contributed by atoms with van der Waals surface area (Å²) in [7, 11) is 2.17. The lowest BCUT2D eigenvalue weighted by Crippen LogP contribution is -2.42. The maximum Gasteiger partial charge on any atom is 0.251 e. The molecule has 0 radical (unpaired) electrons. The number of likely N-dealkylation sites (tertiary alicyclic amines) is 3. The van der Waals surface area contributed by atoms with E-state index in [0.29, 0.717) is 25.0 Å². The first kappa shape index (κ1) is 16.3. The summed E-state index contributed by atoms with van der Waals surface area (Å²) in [6.45, 7) is 6.07. The predicted octanol–water partition coefficient (Wildman–Crippen LogP) is 0.424. The summed E-state index contributed by atoms with van der Waals surface area (Å²) >= 11 is 0. The van der Waals surface area contributed by atoms with Crippen LogP contribution < -0.4 is 0 Å². The molecule has 0 aromatic carbocycles. The molecule has 4 heterocycles. The molecule has 6 heteroatoms. The summed E-state index contributed by atoms with van der Waals surface area (Å²) in [4.78, 5) is 31.6. The predicted molar refractivity (Wildman–Crippen MR) is 89.3 cm³/mol. The van der Waals surface area contributed by atoms with Crippen LogP contribution in [0.1, 0.15) is 25.7 Å². The molecule has 4 fully saturated rings. The minimum atomic E-state index is -0.255. The first-order chi connectivity index (χ1) is 11.6. The van der Waals surface area contributed by atoms with Gasteiger partial charge in [0.1, 0.15) is 6.10 Å². The quantitative estimate of drug-likeness (QED) is 0.750. The van der Waals surface area contributed by atoms with Crippen LogP contribution >= 0.6 is 0 Å². The molecule has 4 aliphatic rings. The molecule has 0 aromatic rings. The van der Waals surface area contributed by atoms with Crippen molar-refractivity contribution in [2.24, 2.45) is 17.8 Å². The van der Waals surface area contributed by atoms with Gasteiger partial charge >= 0.3 is 0 Å². The molecule has 4 saturated heterocycles. The normalized spacial score (nSPS) is 35.0. The average Bonchev–Trinajstić information content (AvgIpc) is 3.29. The van der Waals surface area contributed by atoms with Gasteiger partial charge < -0.3 is 19.4 Å². The van der Waals surface area contributed by atoms with E-state index in [2.05, 4.69) is 16.8 Å². The summed E-state index contributed by atoms with van der Waals surface area (Å²) in [5.74, 6) is 1.39. The van der Waals surface area contributed by atoms with Gasteiger partial charge in [-0.2, -0.15) is 0 Å². The van der Waals surface area contributed by atoms with E-state index >= 15 is 0 Å². The molecule has 2 amide bonds. The van der Waals surface area contributed by atoms with Gasteiger partial charge in [-0.1, -0.05) is 0 Å². The van der Waals surface area contributed by atoms with Crippen molar-refractivity contribution < 1.29 is 14.3 Å². The number of fused-ring (bicyclic) bond motifs is 1. The third-order valence-electron chi connectivity index (χ3n) is 6.36. The lowest BCUT2D eigenvalue weighted by molar-refractivity contribution is -0.140. The summed E-state index contributed by atoms with van der Waals surface area (Å²) in [6.07, 6.45) is 3.94. The third kappa shape index (κ3) is 3.06. The van der Waals surface area contributed by atoms with Gasteiger partial charge in [0.2, 0.25) is 5.91 Å². The molecule has 0 unspecified atom stereocenters. The Bertz CT molecular complexity index is 498. The van der Waals surface area contributed by atoms with Crippen molar-refractivity contribution in [3.05, 3.63) is 0 Å². The second kappa shape index (κ2) is 6.64. The molecule has 0 aliphatic carbocycles. The van der Waals surface area contributed by atoms with Gasteiger partial charge in [-0.05, 0) is 51.7 Å². The van der Waals surface area contributed by atoms with E-state index in [1.54, 1.807) is 0 Å². The Labute approximate surface area is 144 Å². The number of carbonyl (C=O) groups is 2. The van der Waals surface area contributed by atoms with Crippen LogP contribution in [0.4, 0.5) is 0 Å². The van der Waals surface area contributed by atoms with Gasteiger partial charge in [0.15, 0.2) is 0 Å². The zero-order valence-electron chi connectivity index (χ0n) is 14.7. The van der Waals surface area contributed by atoms with E-state index in [4.69, 9.17) is 4.74 Å². The van der Waals surface area contributed by atoms with Gasteiger partial charge in [0.25, 0.3) is 5.91 Å². The third-order valence-corrected chi connectivity index (χ3v) is 6.36. The highest BCUT2D eigenvalue weighted by Crippen LogP contribution is 2.34. The highest BCUT2D eigenvalue weighted by atomic mass is 16.5. The van der Waals surface area contributed by atoms with E-state index in [1.807, 2.05) is 4.90 Å². The maximum absolute atomic E-state index is 12.8. The lowest BCUT2D eigenvalue weighted by Gasteiger charge is -2.32. The van der Waals surface area contributed by atoms with E-state index < -0.39 is 0 Å². The minimum absolute atomic E-state index is 0.0293. The lowest BCUT2D eigenvalue weighted by atomic mass is 9.96. The van der Waals surface area contributed by atoms with Gasteiger partial charge in [0, 0.05) is 38.7 Å². The zero-order chi connectivity index (χ0) is 16.7. The molecule has 4 aliphatic heterocycles. The van der Waals surface area contributed by atoms with Crippen LogP contribution in [0.15, 0.2) is 0 Å². The highest BCUT2D eigenvalue weighted by molar-refractivity contribution is 5.86. The largest absolute Gasteiger partial charge is 0.368 e. The van der Waals surface area contributed by atoms with Crippen LogP contribution in [0, 0.1) is 17.8 Å². The molecule has 24 heavy (non-hydrogen) atoms. The zero-order valence-corrected chi connectivity index (χ0v) is 14.7. The highest BCUT2D eigenvalue weighted by Gasteiger charge is 2.48. The second-order valence-corrected chi connectivity index (χ2v) is 8.10. The van der Waals surface area contributed by atoms with Gasteiger partial charge in [0.05, 0.1) is 5.92 Å². The van der Waals surface area contributed by atoms with E-state index in [9.17, 15) is 9.59 Å². The number of carbonyl (C=O) groups excluding carboxylic acids is 2. The summed E-state index contributed by atoms with van der Waals surface area (Å²) in [6, 6.07) is 0. The van der Waals surface area contributed by atoms with Gasteiger partial charge in [-0.25, -0.2) is 0 Å². The van der Waals surface area contributed by atoms with Crippen molar-refractivity contribution in [2.45, 2.75) is 31.8 Å². The standard InChI is InChI=1S/C18H29N3O3/c1-19-6-4-13(5-7-19)9-20-10-14-11-21(12-15(14)17(20)22)18(23)16-3-2-8-24-16/h13-16H,2-12H2,1H3/t14-,15+,16-/m1/s1. The Balaban J connectivity index is 1.30. The van der Waals surface area contributed by atoms with Gasteiger partial charge in [-0.3, -0.25) is 9.59 Å². The van der Waals surface area contributed by atoms with Crippen molar-refractivity contribution in [2.75, 3.05) is 52.9 Å². The van der Waals surface area contributed by atoms with E-state index in [1.165, 1.54) is 12.8 Å². The summed E-state index contributed by atoms with van der Waals surface area (Å²) in [5, 5.41) is 0. The molecule has 0 bridgehead atoms. The molecule has 4 rings (SSSR count). The fourth-order valence-corrected chi connectivity index (χ4v) is 4.82. The number of amides is 2. The summed E-state index contributed by atoms with van der Waals surface area (Å²) < 4.78 is 5.52. The first-order valence-electron chi connectivity index (χ1n) is 9.49. The molecule has 134 valence electrons. The van der Waals surface area contributed by atoms with E-state index in [-0.39, 0.29) is 23.8 Å². The second-order valence-electron chi connectivity index (χ2n) is 8.10. The fourth-order valence-electron chi connectivity index (χ4n) is 4.82. The van der Waals surface area contributed by atoms with E-state index in [0.717, 1.165) is 45.6 Å². The molecular formula is C18H29N3O3. The molecule has 0 aromatic heterocycles. The van der Waals surface area contributed by atoms with Crippen LogP contribution in [-0.2, 0) is 14.3 Å². The Morgan fingerprint density at radius 2 is 1.96 bits per heavy atom. The molecule has 0 saturated carbocycles. The molecule has 0 spiro atoms. The Kier molecular flexibility index (Phi) is 4.52. The monoisotopic (exact) mass is 335 g/mol. The van der Waals surface area contributed by atoms with Crippen molar-refractivity contribution in [3.63, 3.8) is 0 Å².